The summed E-state index contributed by atoms with van der Waals surface area (Å²) in [5.74, 6) is 0. The van der Waals surface area contributed by atoms with E-state index in [2.05, 4.69) is 199 Å². The van der Waals surface area contributed by atoms with Crippen LogP contribution in [0.1, 0.15) is 58.2 Å². The first-order valence-electron chi connectivity index (χ1n) is 16.5. The van der Waals surface area contributed by atoms with Crippen molar-refractivity contribution in [3.8, 4) is 22.3 Å². The summed E-state index contributed by atoms with van der Waals surface area (Å²) in [6, 6.07) is 59.3. The van der Waals surface area contributed by atoms with E-state index >= 15 is 0 Å². The molecule has 0 N–H and O–H groups in total. The average Bonchev–Trinajstić information content (AvgIpc) is 3.08. The molecule has 0 atom stereocenters. The van der Waals surface area contributed by atoms with Gasteiger partial charge in [0.05, 0.1) is 6.16 Å². The predicted octanol–water partition coefficient (Wildman–Crippen LogP) is 11.1. The largest absolute Gasteiger partial charge is 0.116 e. The van der Waals surface area contributed by atoms with Gasteiger partial charge in [0.1, 0.15) is 23.2 Å². The van der Waals surface area contributed by atoms with Gasteiger partial charge in [0.25, 0.3) is 0 Å². The van der Waals surface area contributed by atoms with E-state index in [4.69, 9.17) is 0 Å². The van der Waals surface area contributed by atoms with E-state index < -0.39 is 7.26 Å². The van der Waals surface area contributed by atoms with Crippen LogP contribution < -0.4 is 15.9 Å². The first-order chi connectivity index (χ1) is 22.1. The van der Waals surface area contributed by atoms with Gasteiger partial charge in [-0.05, 0) is 92.2 Å². The molecule has 6 rings (SSSR count). The number of hydrogen-bond acceptors (Lipinski definition) is 0. The van der Waals surface area contributed by atoms with Crippen LogP contribution in [0.25, 0.3) is 22.3 Å². The highest BCUT2D eigenvalue weighted by molar-refractivity contribution is 7.95. The molecule has 0 unspecified atom stereocenters. The Labute approximate surface area is 277 Å². The second-order valence-corrected chi connectivity index (χ2v) is 18.0. The van der Waals surface area contributed by atoms with Crippen molar-refractivity contribution >= 4 is 23.2 Å². The Kier molecular flexibility index (Phi) is 8.87. The maximum Gasteiger partial charge on any atom is 0.116 e. The molecule has 46 heavy (non-hydrogen) atoms. The normalized spacial score (nSPS) is 12.2. The van der Waals surface area contributed by atoms with Crippen molar-refractivity contribution in [3.63, 3.8) is 0 Å². The molecule has 0 radical (unpaired) electrons. The van der Waals surface area contributed by atoms with Gasteiger partial charge in [0.2, 0.25) is 0 Å². The highest BCUT2D eigenvalue weighted by atomic mass is 31.2. The molecule has 0 aromatic heterocycles. The molecule has 0 bridgehead atoms. The number of rotatable bonds is 7. The Morgan fingerprint density at radius 3 is 1.15 bits per heavy atom. The lowest BCUT2D eigenvalue weighted by Gasteiger charge is -2.29. The molecule has 6 aromatic carbocycles. The lowest BCUT2D eigenvalue weighted by molar-refractivity contribution is 0.590. The van der Waals surface area contributed by atoms with Crippen LogP contribution in [0, 0.1) is 0 Å². The fourth-order valence-electron chi connectivity index (χ4n) is 6.52. The van der Waals surface area contributed by atoms with E-state index in [0.717, 1.165) is 6.16 Å². The van der Waals surface area contributed by atoms with Gasteiger partial charge < -0.3 is 0 Å². The Morgan fingerprint density at radius 2 is 0.761 bits per heavy atom. The summed E-state index contributed by atoms with van der Waals surface area (Å²) in [6.45, 7) is 13.7. The topological polar surface area (TPSA) is 0 Å². The third-order valence-electron chi connectivity index (χ3n) is 9.25. The summed E-state index contributed by atoms with van der Waals surface area (Å²) in [4.78, 5) is 0. The fraction of sp³-hybridized carbons (Fsp3) is 0.200. The van der Waals surface area contributed by atoms with Gasteiger partial charge in [-0.25, -0.2) is 0 Å². The van der Waals surface area contributed by atoms with Gasteiger partial charge >= 0.3 is 0 Å². The maximum absolute atomic E-state index is 2.47. The third-order valence-corrected chi connectivity index (χ3v) is 13.6. The molecule has 0 saturated heterocycles. The molecule has 0 aliphatic carbocycles. The van der Waals surface area contributed by atoms with Crippen LogP contribution in [0.2, 0.25) is 0 Å². The maximum atomic E-state index is 2.47. The minimum Gasteiger partial charge on any atom is -0.0620 e. The van der Waals surface area contributed by atoms with E-state index in [9.17, 15) is 0 Å². The molecule has 1 heteroatoms. The summed E-state index contributed by atoms with van der Waals surface area (Å²) < 4.78 is 0. The molecule has 0 spiro atoms. The van der Waals surface area contributed by atoms with Crippen molar-refractivity contribution in [2.45, 2.75) is 58.5 Å². The molecular formula is C45H46P+. The summed E-state index contributed by atoms with van der Waals surface area (Å²) in [5, 5.41) is 4.21. The van der Waals surface area contributed by atoms with Crippen LogP contribution in [0.15, 0.2) is 158 Å². The quantitative estimate of drug-likeness (QED) is 0.156. The molecule has 0 fully saturated rings. The smallest absolute Gasteiger partial charge is 0.0620 e. The van der Waals surface area contributed by atoms with Crippen LogP contribution in [0.5, 0.6) is 0 Å². The van der Waals surface area contributed by atoms with Crippen molar-refractivity contribution in [2.75, 3.05) is 0 Å². The van der Waals surface area contributed by atoms with Gasteiger partial charge in [-0.15, -0.1) is 0 Å². The summed E-state index contributed by atoms with van der Waals surface area (Å²) >= 11 is 0. The van der Waals surface area contributed by atoms with Crippen molar-refractivity contribution in [3.05, 3.63) is 174 Å². The summed E-state index contributed by atoms with van der Waals surface area (Å²) in [5.41, 5.74) is 9.42. The molecule has 0 nitrogen and oxygen atoms in total. The Bertz CT molecular complexity index is 1780. The monoisotopic (exact) mass is 617 g/mol. The van der Waals surface area contributed by atoms with Crippen LogP contribution in [0.3, 0.4) is 0 Å². The molecule has 0 aliphatic heterocycles. The van der Waals surface area contributed by atoms with Crippen molar-refractivity contribution in [1.29, 1.82) is 0 Å². The molecular weight excluding hydrogens is 571 g/mol. The van der Waals surface area contributed by atoms with Crippen LogP contribution in [-0.2, 0) is 17.0 Å². The summed E-state index contributed by atoms with van der Waals surface area (Å²) in [7, 11) is -2.10. The number of benzene rings is 6. The molecule has 0 aliphatic rings. The third kappa shape index (κ3) is 6.51. The zero-order valence-corrected chi connectivity index (χ0v) is 29.1. The minimum absolute atomic E-state index is 0.110. The van der Waals surface area contributed by atoms with E-state index in [1.807, 2.05) is 0 Å². The SMILES string of the molecule is CC(C)(C)c1ccc(-c2ccc(-c3ccc(C(C)(C)C)cc3)c(C[P+](c3ccccc3)(c3ccccc3)c3ccccc3)c2)cc1. The van der Waals surface area contributed by atoms with Crippen LogP contribution in [-0.4, -0.2) is 0 Å². The molecule has 0 heterocycles. The lowest BCUT2D eigenvalue weighted by atomic mass is 9.85. The highest BCUT2D eigenvalue weighted by Gasteiger charge is 2.46. The molecule has 6 aromatic rings. The second-order valence-electron chi connectivity index (χ2n) is 14.5. The summed E-state index contributed by atoms with van der Waals surface area (Å²) in [6.07, 6.45) is 0.926. The molecule has 0 amide bonds. The first-order valence-corrected chi connectivity index (χ1v) is 18.4. The Balaban J connectivity index is 1.59. The standard InChI is InChI=1S/C45H46P/c1-44(2,3)38-27-22-34(23-28-38)36-26-31-43(35-24-29-39(30-25-35)45(4,5)6)37(32-36)33-46(40-16-10-7-11-17-40,41-18-12-8-13-19-41)42-20-14-9-15-21-42/h7-32H,33H2,1-6H3/q+1. The van der Waals surface area contributed by atoms with E-state index in [1.165, 1.54) is 54.9 Å². The minimum atomic E-state index is -2.10. The zero-order valence-electron chi connectivity index (χ0n) is 28.2. The first kappa shape index (κ1) is 31.7. The highest BCUT2D eigenvalue weighted by Crippen LogP contribution is 2.59. The zero-order chi connectivity index (χ0) is 32.4. The van der Waals surface area contributed by atoms with Crippen molar-refractivity contribution in [1.82, 2.24) is 0 Å². The van der Waals surface area contributed by atoms with Gasteiger partial charge in [0.15, 0.2) is 0 Å². The van der Waals surface area contributed by atoms with Gasteiger partial charge in [-0.2, -0.15) is 0 Å². The van der Waals surface area contributed by atoms with Crippen LogP contribution in [0.4, 0.5) is 0 Å². The Hall–Kier alpha value is -4.25. The molecule has 0 saturated carbocycles. The average molecular weight is 618 g/mol. The molecule has 230 valence electrons. The van der Waals surface area contributed by atoms with Gasteiger partial charge in [-0.3, -0.25) is 0 Å². The number of hydrogen-bond donors (Lipinski definition) is 0. The van der Waals surface area contributed by atoms with E-state index in [-0.39, 0.29) is 10.8 Å². The fourth-order valence-corrected chi connectivity index (χ4v) is 10.8. The van der Waals surface area contributed by atoms with Crippen molar-refractivity contribution < 1.29 is 0 Å². The van der Waals surface area contributed by atoms with Gasteiger partial charge in [-0.1, -0.05) is 157 Å². The second kappa shape index (κ2) is 12.9. The van der Waals surface area contributed by atoms with Crippen LogP contribution >= 0.6 is 7.26 Å². The lowest BCUT2D eigenvalue weighted by Crippen LogP contribution is -2.32. The van der Waals surface area contributed by atoms with Crippen molar-refractivity contribution in [2.24, 2.45) is 0 Å². The Morgan fingerprint density at radius 1 is 0.391 bits per heavy atom. The van der Waals surface area contributed by atoms with E-state index in [0.29, 0.717) is 0 Å². The van der Waals surface area contributed by atoms with E-state index in [1.54, 1.807) is 0 Å². The predicted molar refractivity (Wildman–Crippen MR) is 204 cm³/mol. The van der Waals surface area contributed by atoms with Gasteiger partial charge in [0, 0.05) is 0 Å².